The fourth-order valence-electron chi connectivity index (χ4n) is 2.08. The second kappa shape index (κ2) is 5.50. The molecule has 0 spiro atoms. The first-order valence-corrected chi connectivity index (χ1v) is 5.84. The van der Waals surface area contributed by atoms with Gasteiger partial charge in [0.1, 0.15) is 5.78 Å². The molecule has 0 aromatic heterocycles. The largest absolute Gasteiger partial charge is 0.298 e. The zero-order valence-corrected chi connectivity index (χ0v) is 9.75. The number of hydrogen-bond acceptors (Lipinski definition) is 2. The molecular weight excluding hydrogens is 174 g/mol. The van der Waals surface area contributed by atoms with E-state index in [0.29, 0.717) is 18.4 Å². The van der Waals surface area contributed by atoms with Gasteiger partial charge in [-0.3, -0.25) is 9.69 Å². The third-order valence-electron chi connectivity index (χ3n) is 3.25. The van der Waals surface area contributed by atoms with Gasteiger partial charge in [0.2, 0.25) is 0 Å². The summed E-state index contributed by atoms with van der Waals surface area (Å²) in [6.45, 7) is 4.61. The Hall–Kier alpha value is -0.370. The summed E-state index contributed by atoms with van der Waals surface area (Å²) in [7, 11) is 2.09. The van der Waals surface area contributed by atoms with Crippen LogP contribution in [0.1, 0.15) is 46.0 Å². The van der Waals surface area contributed by atoms with Crippen LogP contribution in [0.15, 0.2) is 0 Å². The molecule has 1 saturated carbocycles. The van der Waals surface area contributed by atoms with Crippen molar-refractivity contribution in [3.63, 3.8) is 0 Å². The average Bonchev–Trinajstić information content (AvgIpc) is 2.19. The van der Waals surface area contributed by atoms with Gasteiger partial charge in [0.15, 0.2) is 0 Å². The molecule has 14 heavy (non-hydrogen) atoms. The van der Waals surface area contributed by atoms with Crippen molar-refractivity contribution < 1.29 is 4.79 Å². The summed E-state index contributed by atoms with van der Waals surface area (Å²) in [5.41, 5.74) is 0. The minimum atomic E-state index is 0.182. The third kappa shape index (κ3) is 3.41. The number of carbonyl (C=O) groups excluding carboxylic acids is 1. The molecule has 0 heterocycles. The van der Waals surface area contributed by atoms with Gasteiger partial charge >= 0.3 is 0 Å². The molecule has 2 heteroatoms. The molecule has 0 saturated heterocycles. The van der Waals surface area contributed by atoms with Crippen LogP contribution in [0.2, 0.25) is 0 Å². The van der Waals surface area contributed by atoms with Crippen LogP contribution in [-0.4, -0.2) is 30.3 Å². The highest BCUT2D eigenvalue weighted by Crippen LogP contribution is 2.21. The van der Waals surface area contributed by atoms with Crippen molar-refractivity contribution in [2.75, 3.05) is 13.6 Å². The molecule has 0 unspecified atom stereocenters. The molecule has 2 nitrogen and oxygen atoms in total. The lowest BCUT2D eigenvalue weighted by Crippen LogP contribution is -2.38. The summed E-state index contributed by atoms with van der Waals surface area (Å²) < 4.78 is 0. The van der Waals surface area contributed by atoms with Crippen LogP contribution in [0.3, 0.4) is 0 Å². The van der Waals surface area contributed by atoms with E-state index in [1.165, 1.54) is 32.1 Å². The minimum Gasteiger partial charge on any atom is -0.298 e. The number of rotatable bonds is 4. The predicted molar refractivity (Wildman–Crippen MR) is 59.3 cm³/mol. The molecular formula is C12H23NO. The van der Waals surface area contributed by atoms with E-state index in [0.717, 1.165) is 0 Å². The maximum atomic E-state index is 11.6. The van der Waals surface area contributed by atoms with Gasteiger partial charge in [-0.2, -0.15) is 0 Å². The quantitative estimate of drug-likeness (QED) is 0.690. The van der Waals surface area contributed by atoms with Crippen molar-refractivity contribution in [2.24, 2.45) is 5.92 Å². The first kappa shape index (κ1) is 11.7. The van der Waals surface area contributed by atoms with Crippen molar-refractivity contribution in [3.05, 3.63) is 0 Å². The lowest BCUT2D eigenvalue weighted by molar-refractivity contribution is -0.123. The normalized spacial score (nSPS) is 19.2. The van der Waals surface area contributed by atoms with Crippen LogP contribution in [0.25, 0.3) is 0 Å². The Balaban J connectivity index is 2.32. The molecule has 1 aliphatic carbocycles. The van der Waals surface area contributed by atoms with Crippen LogP contribution in [-0.2, 0) is 4.79 Å². The second-order valence-electron chi connectivity index (χ2n) is 4.83. The molecule has 1 rings (SSSR count). The SMILES string of the molecule is CC(C)C(=O)CN(C)C1CCCCC1. The summed E-state index contributed by atoms with van der Waals surface area (Å²) in [5.74, 6) is 0.555. The van der Waals surface area contributed by atoms with E-state index in [1.54, 1.807) is 0 Å². The molecule has 82 valence electrons. The van der Waals surface area contributed by atoms with E-state index in [2.05, 4.69) is 11.9 Å². The Kier molecular flexibility index (Phi) is 4.59. The van der Waals surface area contributed by atoms with Gasteiger partial charge in [-0.15, -0.1) is 0 Å². The summed E-state index contributed by atoms with van der Waals surface area (Å²) in [5, 5.41) is 0. The fourth-order valence-corrected chi connectivity index (χ4v) is 2.08. The maximum absolute atomic E-state index is 11.6. The van der Waals surface area contributed by atoms with Gasteiger partial charge in [0.05, 0.1) is 6.54 Å². The zero-order chi connectivity index (χ0) is 10.6. The van der Waals surface area contributed by atoms with Crippen LogP contribution in [0.4, 0.5) is 0 Å². The van der Waals surface area contributed by atoms with Gasteiger partial charge in [0.25, 0.3) is 0 Å². The summed E-state index contributed by atoms with van der Waals surface area (Å²) in [4.78, 5) is 13.8. The maximum Gasteiger partial charge on any atom is 0.149 e. The predicted octanol–water partition coefficient (Wildman–Crippen LogP) is 2.48. The van der Waals surface area contributed by atoms with E-state index < -0.39 is 0 Å². The van der Waals surface area contributed by atoms with Crippen LogP contribution < -0.4 is 0 Å². The number of carbonyl (C=O) groups is 1. The lowest BCUT2D eigenvalue weighted by Gasteiger charge is -2.30. The van der Waals surface area contributed by atoms with E-state index in [9.17, 15) is 4.79 Å². The average molecular weight is 197 g/mol. The van der Waals surface area contributed by atoms with E-state index in [4.69, 9.17) is 0 Å². The minimum absolute atomic E-state index is 0.182. The molecule has 0 N–H and O–H groups in total. The Labute approximate surface area is 87.7 Å². The van der Waals surface area contributed by atoms with Crippen molar-refractivity contribution in [2.45, 2.75) is 52.0 Å². The fraction of sp³-hybridized carbons (Fsp3) is 0.917. The number of likely N-dealkylation sites (N-methyl/N-ethyl adjacent to an activating group) is 1. The van der Waals surface area contributed by atoms with Crippen LogP contribution >= 0.6 is 0 Å². The first-order chi connectivity index (χ1) is 6.61. The summed E-state index contributed by atoms with van der Waals surface area (Å²) in [6.07, 6.45) is 6.61. The molecule has 0 aromatic carbocycles. The van der Waals surface area contributed by atoms with Crippen molar-refractivity contribution in [1.29, 1.82) is 0 Å². The van der Waals surface area contributed by atoms with Gasteiger partial charge in [-0.25, -0.2) is 0 Å². The van der Waals surface area contributed by atoms with Crippen molar-refractivity contribution >= 4 is 5.78 Å². The van der Waals surface area contributed by atoms with Gasteiger partial charge in [0, 0.05) is 12.0 Å². The topological polar surface area (TPSA) is 20.3 Å². The summed E-state index contributed by atoms with van der Waals surface area (Å²) in [6, 6.07) is 0.659. The van der Waals surface area contributed by atoms with Gasteiger partial charge < -0.3 is 0 Å². The van der Waals surface area contributed by atoms with E-state index >= 15 is 0 Å². The van der Waals surface area contributed by atoms with Crippen LogP contribution in [0, 0.1) is 5.92 Å². The van der Waals surface area contributed by atoms with Gasteiger partial charge in [-0.05, 0) is 19.9 Å². The number of nitrogens with zero attached hydrogens (tertiary/aromatic N) is 1. The molecule has 1 aliphatic rings. The molecule has 0 aromatic rings. The number of ketones is 1. The summed E-state index contributed by atoms with van der Waals surface area (Å²) >= 11 is 0. The second-order valence-corrected chi connectivity index (χ2v) is 4.83. The van der Waals surface area contributed by atoms with Crippen molar-refractivity contribution in [3.8, 4) is 0 Å². The number of hydrogen-bond donors (Lipinski definition) is 0. The van der Waals surface area contributed by atoms with Crippen molar-refractivity contribution in [1.82, 2.24) is 4.90 Å². The Bertz CT molecular complexity index is 183. The lowest BCUT2D eigenvalue weighted by atomic mass is 9.94. The highest BCUT2D eigenvalue weighted by Gasteiger charge is 2.20. The van der Waals surface area contributed by atoms with Crippen LogP contribution in [0.5, 0.6) is 0 Å². The monoisotopic (exact) mass is 197 g/mol. The zero-order valence-electron chi connectivity index (χ0n) is 9.75. The first-order valence-electron chi connectivity index (χ1n) is 5.84. The molecule has 0 amide bonds. The molecule has 0 radical (unpaired) electrons. The third-order valence-corrected chi connectivity index (χ3v) is 3.25. The van der Waals surface area contributed by atoms with E-state index in [-0.39, 0.29) is 5.92 Å². The Morgan fingerprint density at radius 2 is 1.86 bits per heavy atom. The number of Topliss-reactive ketones (excluding diaryl/α,β-unsaturated/α-hetero) is 1. The smallest absolute Gasteiger partial charge is 0.149 e. The van der Waals surface area contributed by atoms with Gasteiger partial charge in [-0.1, -0.05) is 33.1 Å². The Morgan fingerprint density at radius 1 is 1.29 bits per heavy atom. The molecule has 0 aliphatic heterocycles. The Morgan fingerprint density at radius 3 is 2.36 bits per heavy atom. The molecule has 0 atom stereocenters. The molecule has 0 bridgehead atoms. The van der Waals surface area contributed by atoms with E-state index in [1.807, 2.05) is 13.8 Å². The molecule has 1 fully saturated rings. The highest BCUT2D eigenvalue weighted by molar-refractivity contribution is 5.82. The highest BCUT2D eigenvalue weighted by atomic mass is 16.1. The standard InChI is InChI=1S/C12H23NO/c1-10(2)12(14)9-13(3)11-7-5-4-6-8-11/h10-11H,4-9H2,1-3H3.